The van der Waals surface area contributed by atoms with Crippen LogP contribution in [0.25, 0.3) is 10.9 Å². The van der Waals surface area contributed by atoms with E-state index in [0.29, 0.717) is 12.0 Å². The summed E-state index contributed by atoms with van der Waals surface area (Å²) in [7, 11) is 1.69. The van der Waals surface area contributed by atoms with E-state index in [9.17, 15) is 0 Å². The Morgan fingerprint density at radius 3 is 3.00 bits per heavy atom. The molecule has 0 spiro atoms. The minimum absolute atomic E-state index is 0.00354. The minimum Gasteiger partial charge on any atom is -0.497 e. The van der Waals surface area contributed by atoms with Gasteiger partial charge in [-0.05, 0) is 61.1 Å². The maximum atomic E-state index is 6.76. The van der Waals surface area contributed by atoms with Gasteiger partial charge in [-0.3, -0.25) is 9.88 Å². The van der Waals surface area contributed by atoms with Crippen LogP contribution in [0.5, 0.6) is 5.75 Å². The SMILES string of the molecule is C=C[C@@H]1CN2CC[C@H]1C[C@H]2[C@@H](N)c1ccnc2ccc(OC)cc12. The predicted molar refractivity (Wildman–Crippen MR) is 97.0 cm³/mol. The van der Waals surface area contributed by atoms with Gasteiger partial charge >= 0.3 is 0 Å². The van der Waals surface area contributed by atoms with Crippen molar-refractivity contribution in [3.05, 3.63) is 48.7 Å². The van der Waals surface area contributed by atoms with Gasteiger partial charge in [-0.2, -0.15) is 0 Å². The largest absolute Gasteiger partial charge is 0.497 e. The Hall–Kier alpha value is -1.91. The van der Waals surface area contributed by atoms with E-state index in [1.54, 1.807) is 7.11 Å². The lowest BCUT2D eigenvalue weighted by Crippen LogP contribution is -2.56. The first-order chi connectivity index (χ1) is 11.7. The molecule has 4 nitrogen and oxygen atoms in total. The van der Waals surface area contributed by atoms with E-state index in [0.717, 1.165) is 42.1 Å². The average Bonchev–Trinajstić information content (AvgIpc) is 2.66. The molecule has 0 aliphatic carbocycles. The van der Waals surface area contributed by atoms with Gasteiger partial charge < -0.3 is 10.5 Å². The number of methoxy groups -OCH3 is 1. The fourth-order valence-electron chi connectivity index (χ4n) is 4.52. The van der Waals surface area contributed by atoms with Gasteiger partial charge in [0, 0.05) is 30.2 Å². The first kappa shape index (κ1) is 15.6. The number of fused-ring (bicyclic) bond motifs is 4. The summed E-state index contributed by atoms with van der Waals surface area (Å²) in [4.78, 5) is 7.04. The summed E-state index contributed by atoms with van der Waals surface area (Å²) in [5.41, 5.74) is 8.91. The van der Waals surface area contributed by atoms with Crippen molar-refractivity contribution < 1.29 is 4.74 Å². The lowest BCUT2D eigenvalue weighted by molar-refractivity contribution is 0.00749. The summed E-state index contributed by atoms with van der Waals surface area (Å²) in [5, 5.41) is 1.10. The Labute approximate surface area is 143 Å². The summed E-state index contributed by atoms with van der Waals surface area (Å²) in [6.45, 7) is 6.26. The van der Waals surface area contributed by atoms with Gasteiger partial charge in [-0.15, -0.1) is 6.58 Å². The van der Waals surface area contributed by atoms with E-state index in [1.807, 2.05) is 18.3 Å². The van der Waals surface area contributed by atoms with Gasteiger partial charge in [0.25, 0.3) is 0 Å². The maximum absolute atomic E-state index is 6.76. The van der Waals surface area contributed by atoms with E-state index in [2.05, 4.69) is 34.7 Å². The van der Waals surface area contributed by atoms with E-state index < -0.39 is 0 Å². The highest BCUT2D eigenvalue weighted by molar-refractivity contribution is 5.84. The number of nitrogens with two attached hydrogens (primary N) is 1. The zero-order valence-electron chi connectivity index (χ0n) is 14.2. The van der Waals surface area contributed by atoms with Crippen molar-refractivity contribution in [1.29, 1.82) is 0 Å². The molecule has 1 unspecified atom stereocenters. The normalized spacial score (nSPS) is 30.2. The molecule has 126 valence electrons. The topological polar surface area (TPSA) is 51.4 Å². The van der Waals surface area contributed by atoms with E-state index in [1.165, 1.54) is 12.0 Å². The second kappa shape index (κ2) is 6.19. The van der Waals surface area contributed by atoms with E-state index in [-0.39, 0.29) is 6.04 Å². The first-order valence-corrected chi connectivity index (χ1v) is 8.76. The van der Waals surface area contributed by atoms with Crippen LogP contribution in [0.15, 0.2) is 43.1 Å². The molecule has 4 heterocycles. The van der Waals surface area contributed by atoms with Crippen LogP contribution in [0.2, 0.25) is 0 Å². The van der Waals surface area contributed by atoms with Crippen molar-refractivity contribution in [2.24, 2.45) is 17.6 Å². The predicted octanol–water partition coefficient (Wildman–Crippen LogP) is 3.14. The van der Waals surface area contributed by atoms with Crippen LogP contribution >= 0.6 is 0 Å². The molecule has 1 aromatic heterocycles. The van der Waals surface area contributed by atoms with Gasteiger partial charge in [0.1, 0.15) is 5.75 Å². The second-order valence-corrected chi connectivity index (χ2v) is 7.06. The fraction of sp³-hybridized carbons (Fsp3) is 0.450. The van der Waals surface area contributed by atoms with Crippen molar-refractivity contribution in [3.63, 3.8) is 0 Å². The standard InChI is InChI=1S/C20H25N3O/c1-3-13-12-23-9-7-14(13)10-19(23)20(21)16-6-8-22-18-5-4-15(24-2)11-17(16)18/h3-6,8,11,13-14,19-20H,1,7,9-10,12,21H2,2H3/t13-,14+,19+,20+/m1/s1. The lowest BCUT2D eigenvalue weighted by atomic mass is 9.73. The minimum atomic E-state index is -0.00354. The summed E-state index contributed by atoms with van der Waals surface area (Å²) >= 11 is 0. The third-order valence-corrected chi connectivity index (χ3v) is 5.91. The van der Waals surface area contributed by atoms with Gasteiger partial charge in [-0.25, -0.2) is 0 Å². The van der Waals surface area contributed by atoms with Crippen LogP contribution in [0.1, 0.15) is 24.4 Å². The molecule has 5 atom stereocenters. The van der Waals surface area contributed by atoms with Crippen LogP contribution in [0.4, 0.5) is 0 Å². The smallest absolute Gasteiger partial charge is 0.119 e. The number of piperidine rings is 3. The fourth-order valence-corrected chi connectivity index (χ4v) is 4.52. The lowest BCUT2D eigenvalue weighted by Gasteiger charge is -2.51. The highest BCUT2D eigenvalue weighted by Gasteiger charge is 2.41. The Morgan fingerprint density at radius 2 is 2.29 bits per heavy atom. The zero-order chi connectivity index (χ0) is 16.7. The number of aromatic nitrogens is 1. The molecule has 24 heavy (non-hydrogen) atoms. The van der Waals surface area contributed by atoms with Crippen molar-refractivity contribution in [1.82, 2.24) is 9.88 Å². The average molecular weight is 323 g/mol. The Kier molecular flexibility index (Phi) is 4.02. The van der Waals surface area contributed by atoms with Crippen LogP contribution in [0, 0.1) is 11.8 Å². The molecule has 2 aromatic rings. The molecule has 4 heteroatoms. The van der Waals surface area contributed by atoms with Gasteiger partial charge in [0.05, 0.1) is 12.6 Å². The molecule has 3 aliphatic heterocycles. The monoisotopic (exact) mass is 323 g/mol. The number of rotatable bonds is 4. The van der Waals surface area contributed by atoms with Crippen molar-refractivity contribution in [2.45, 2.75) is 24.9 Å². The summed E-state index contributed by atoms with van der Waals surface area (Å²) in [5.74, 6) is 2.20. The Balaban J connectivity index is 1.69. The van der Waals surface area contributed by atoms with Gasteiger partial charge in [-0.1, -0.05) is 6.08 Å². The molecule has 3 aliphatic rings. The van der Waals surface area contributed by atoms with Crippen LogP contribution in [0.3, 0.4) is 0 Å². The summed E-state index contributed by atoms with van der Waals surface area (Å²) in [6.07, 6.45) is 6.43. The third kappa shape index (κ3) is 2.50. The van der Waals surface area contributed by atoms with Crippen LogP contribution in [-0.2, 0) is 0 Å². The van der Waals surface area contributed by atoms with Gasteiger partial charge in [0.15, 0.2) is 0 Å². The molecule has 1 aromatic carbocycles. The molecule has 3 saturated heterocycles. The van der Waals surface area contributed by atoms with Crippen molar-refractivity contribution in [2.75, 3.05) is 20.2 Å². The number of nitrogens with zero attached hydrogens (tertiary/aromatic N) is 2. The third-order valence-electron chi connectivity index (χ3n) is 5.91. The molecule has 0 amide bonds. The van der Waals surface area contributed by atoms with E-state index in [4.69, 9.17) is 10.5 Å². The molecular weight excluding hydrogens is 298 g/mol. The summed E-state index contributed by atoms with van der Waals surface area (Å²) in [6, 6.07) is 8.48. The van der Waals surface area contributed by atoms with E-state index >= 15 is 0 Å². The number of pyridine rings is 1. The molecule has 2 N–H and O–H groups in total. The van der Waals surface area contributed by atoms with Crippen LogP contribution in [-0.4, -0.2) is 36.1 Å². The molecule has 3 fully saturated rings. The number of ether oxygens (including phenoxy) is 1. The van der Waals surface area contributed by atoms with Crippen molar-refractivity contribution >= 4 is 10.9 Å². The van der Waals surface area contributed by atoms with Crippen LogP contribution < -0.4 is 10.5 Å². The number of hydrogen-bond donors (Lipinski definition) is 1. The highest BCUT2D eigenvalue weighted by Crippen LogP contribution is 2.41. The Morgan fingerprint density at radius 1 is 1.42 bits per heavy atom. The quantitative estimate of drug-likeness (QED) is 0.878. The Bertz CT molecular complexity index is 760. The maximum Gasteiger partial charge on any atom is 0.119 e. The van der Waals surface area contributed by atoms with Gasteiger partial charge in [0.2, 0.25) is 0 Å². The first-order valence-electron chi connectivity index (χ1n) is 8.76. The number of hydrogen-bond acceptors (Lipinski definition) is 4. The molecule has 5 rings (SSSR count). The molecule has 2 bridgehead atoms. The molecule has 0 radical (unpaired) electrons. The van der Waals surface area contributed by atoms with Crippen molar-refractivity contribution in [3.8, 4) is 5.75 Å². The molecular formula is C20H25N3O. The molecule has 0 saturated carbocycles. The highest BCUT2D eigenvalue weighted by atomic mass is 16.5. The number of benzene rings is 1. The summed E-state index contributed by atoms with van der Waals surface area (Å²) < 4.78 is 5.39. The second-order valence-electron chi connectivity index (χ2n) is 7.06. The zero-order valence-corrected chi connectivity index (χ0v) is 14.2.